The molecule has 4 heteroatoms. The zero-order valence-electron chi connectivity index (χ0n) is 10.0. The van der Waals surface area contributed by atoms with Crippen molar-refractivity contribution in [3.8, 4) is 5.75 Å². The third-order valence-electron chi connectivity index (χ3n) is 3.19. The van der Waals surface area contributed by atoms with Crippen LogP contribution in [-0.4, -0.2) is 6.61 Å². The largest absolute Gasteiger partial charge is 0.491 e. The van der Waals surface area contributed by atoms with Crippen molar-refractivity contribution in [3.63, 3.8) is 0 Å². The summed E-state index contributed by atoms with van der Waals surface area (Å²) < 4.78 is 5.81. The number of rotatable bonds is 5. The molecule has 1 fully saturated rings. The average Bonchev–Trinajstić information content (AvgIpc) is 2.19. The van der Waals surface area contributed by atoms with E-state index in [9.17, 15) is 0 Å². The zero-order valence-corrected chi connectivity index (χ0v) is 10.8. The minimum absolute atomic E-state index is 0.321. The molecule has 0 spiro atoms. The molecule has 1 aromatic rings. The van der Waals surface area contributed by atoms with Crippen molar-refractivity contribution in [2.75, 3.05) is 6.61 Å². The second kappa shape index (κ2) is 5.71. The van der Waals surface area contributed by atoms with Crippen LogP contribution >= 0.6 is 11.6 Å². The van der Waals surface area contributed by atoms with Gasteiger partial charge in [-0.25, -0.2) is 5.90 Å². The molecule has 94 valence electrons. The highest BCUT2D eigenvalue weighted by atomic mass is 35.5. The predicted molar refractivity (Wildman–Crippen MR) is 68.0 cm³/mol. The Kier molecular flexibility index (Phi) is 4.26. The molecule has 1 aromatic carbocycles. The van der Waals surface area contributed by atoms with Gasteiger partial charge in [0.05, 0.1) is 18.2 Å². The maximum Gasteiger partial charge on any atom is 0.143 e. The summed E-state index contributed by atoms with van der Waals surface area (Å²) in [5.41, 5.74) is 2.00. The summed E-state index contributed by atoms with van der Waals surface area (Å²) >= 11 is 6.19. The molecule has 2 rings (SSSR count). The topological polar surface area (TPSA) is 44.5 Å². The van der Waals surface area contributed by atoms with Crippen LogP contribution in [0.25, 0.3) is 0 Å². The van der Waals surface area contributed by atoms with Gasteiger partial charge in [-0.2, -0.15) is 0 Å². The Balaban J connectivity index is 2.11. The van der Waals surface area contributed by atoms with Gasteiger partial charge >= 0.3 is 0 Å². The van der Waals surface area contributed by atoms with Crippen molar-refractivity contribution in [2.24, 2.45) is 11.8 Å². The van der Waals surface area contributed by atoms with E-state index >= 15 is 0 Å². The van der Waals surface area contributed by atoms with Gasteiger partial charge in [0.25, 0.3) is 0 Å². The minimum Gasteiger partial charge on any atom is -0.491 e. The molecular weight excluding hydrogens is 238 g/mol. The molecular formula is C13H18ClNO2. The Bertz CT molecular complexity index is 391. The van der Waals surface area contributed by atoms with E-state index < -0.39 is 0 Å². The van der Waals surface area contributed by atoms with Crippen LogP contribution in [0.3, 0.4) is 0 Å². The van der Waals surface area contributed by atoms with Crippen LogP contribution in [0, 0.1) is 12.8 Å². The van der Waals surface area contributed by atoms with Gasteiger partial charge in [-0.05, 0) is 43.4 Å². The average molecular weight is 256 g/mol. The number of hydrogen-bond donors (Lipinski definition) is 1. The van der Waals surface area contributed by atoms with Crippen LogP contribution in [0.5, 0.6) is 5.75 Å². The molecule has 1 aliphatic carbocycles. The Morgan fingerprint density at radius 1 is 1.41 bits per heavy atom. The van der Waals surface area contributed by atoms with Gasteiger partial charge in [-0.3, -0.25) is 4.84 Å². The van der Waals surface area contributed by atoms with Crippen LogP contribution in [0.2, 0.25) is 5.02 Å². The second-order valence-corrected chi connectivity index (χ2v) is 5.06. The number of halogens is 1. The number of ether oxygens (including phenoxy) is 1. The number of hydrogen-bond acceptors (Lipinski definition) is 3. The molecule has 1 saturated carbocycles. The molecule has 17 heavy (non-hydrogen) atoms. The summed E-state index contributed by atoms with van der Waals surface area (Å²) in [4.78, 5) is 4.69. The quantitative estimate of drug-likeness (QED) is 0.822. The van der Waals surface area contributed by atoms with Gasteiger partial charge in [0, 0.05) is 5.56 Å². The normalized spacial score (nSPS) is 15.7. The van der Waals surface area contributed by atoms with E-state index in [0.717, 1.165) is 23.5 Å². The first-order chi connectivity index (χ1) is 8.20. The second-order valence-electron chi connectivity index (χ2n) is 4.65. The van der Waals surface area contributed by atoms with E-state index in [1.54, 1.807) is 0 Å². The lowest BCUT2D eigenvalue weighted by molar-refractivity contribution is 0.118. The minimum atomic E-state index is 0.321. The van der Waals surface area contributed by atoms with E-state index in [2.05, 4.69) is 4.84 Å². The van der Waals surface area contributed by atoms with E-state index in [1.165, 1.54) is 19.3 Å². The van der Waals surface area contributed by atoms with Crippen LogP contribution in [0.1, 0.15) is 30.4 Å². The monoisotopic (exact) mass is 255 g/mol. The summed E-state index contributed by atoms with van der Waals surface area (Å²) in [6, 6.07) is 3.90. The molecule has 1 aliphatic rings. The first-order valence-corrected chi connectivity index (χ1v) is 6.32. The van der Waals surface area contributed by atoms with Gasteiger partial charge in [0.15, 0.2) is 0 Å². The molecule has 0 radical (unpaired) electrons. The van der Waals surface area contributed by atoms with Crippen molar-refractivity contribution < 1.29 is 9.57 Å². The number of benzene rings is 1. The van der Waals surface area contributed by atoms with Crippen LogP contribution in [-0.2, 0) is 11.4 Å². The van der Waals surface area contributed by atoms with Crippen LogP contribution in [0.15, 0.2) is 12.1 Å². The first kappa shape index (κ1) is 12.7. The Morgan fingerprint density at radius 2 is 2.18 bits per heavy atom. The number of aryl methyl sites for hydroxylation is 1. The third-order valence-corrected chi connectivity index (χ3v) is 3.47. The Hall–Kier alpha value is -0.770. The lowest BCUT2D eigenvalue weighted by Crippen LogP contribution is -2.20. The smallest absolute Gasteiger partial charge is 0.143 e. The molecule has 2 N–H and O–H groups in total. The third kappa shape index (κ3) is 3.12. The van der Waals surface area contributed by atoms with Crippen molar-refractivity contribution in [1.29, 1.82) is 0 Å². The van der Waals surface area contributed by atoms with E-state index in [1.807, 2.05) is 19.1 Å². The SMILES string of the molecule is Cc1cc(Cl)c(OCC2CCC2)c(CON)c1. The van der Waals surface area contributed by atoms with Gasteiger partial charge in [0.1, 0.15) is 5.75 Å². The molecule has 3 nitrogen and oxygen atoms in total. The van der Waals surface area contributed by atoms with E-state index in [4.69, 9.17) is 22.2 Å². The van der Waals surface area contributed by atoms with Crippen molar-refractivity contribution in [2.45, 2.75) is 32.8 Å². The fraction of sp³-hybridized carbons (Fsp3) is 0.538. The molecule has 0 aromatic heterocycles. The lowest BCUT2D eigenvalue weighted by atomic mass is 9.86. The summed E-state index contributed by atoms with van der Waals surface area (Å²) in [6.07, 6.45) is 3.83. The maximum atomic E-state index is 6.19. The fourth-order valence-electron chi connectivity index (χ4n) is 2.02. The summed E-state index contributed by atoms with van der Waals surface area (Å²) in [5.74, 6) is 6.52. The lowest BCUT2D eigenvalue weighted by Gasteiger charge is -2.26. The Morgan fingerprint density at radius 3 is 2.76 bits per heavy atom. The zero-order chi connectivity index (χ0) is 12.3. The molecule has 0 heterocycles. The summed E-state index contributed by atoms with van der Waals surface area (Å²) in [6.45, 7) is 3.04. The fourth-order valence-corrected chi connectivity index (χ4v) is 2.37. The van der Waals surface area contributed by atoms with Gasteiger partial charge in [0.2, 0.25) is 0 Å². The molecule has 0 aliphatic heterocycles. The van der Waals surface area contributed by atoms with Gasteiger partial charge in [-0.15, -0.1) is 0 Å². The molecule has 0 atom stereocenters. The van der Waals surface area contributed by atoms with Crippen molar-refractivity contribution in [3.05, 3.63) is 28.3 Å². The molecule has 0 bridgehead atoms. The van der Waals surface area contributed by atoms with Crippen LogP contribution in [0.4, 0.5) is 0 Å². The van der Waals surface area contributed by atoms with Crippen molar-refractivity contribution in [1.82, 2.24) is 0 Å². The van der Waals surface area contributed by atoms with E-state index in [-0.39, 0.29) is 0 Å². The molecule has 0 amide bonds. The standard InChI is InChI=1S/C13H18ClNO2/c1-9-5-11(8-17-15)13(12(14)6-9)16-7-10-3-2-4-10/h5-6,10H,2-4,7-8,15H2,1H3. The summed E-state index contributed by atoms with van der Waals surface area (Å²) in [5, 5.41) is 0.636. The first-order valence-electron chi connectivity index (χ1n) is 5.94. The number of nitrogens with two attached hydrogens (primary N) is 1. The van der Waals surface area contributed by atoms with Crippen molar-refractivity contribution >= 4 is 11.6 Å². The Labute approximate surface area is 107 Å². The maximum absolute atomic E-state index is 6.19. The highest BCUT2D eigenvalue weighted by molar-refractivity contribution is 6.32. The summed E-state index contributed by atoms with van der Waals surface area (Å²) in [7, 11) is 0. The highest BCUT2D eigenvalue weighted by Crippen LogP contribution is 2.33. The molecule has 0 unspecified atom stereocenters. The van der Waals surface area contributed by atoms with Gasteiger partial charge < -0.3 is 4.74 Å². The highest BCUT2D eigenvalue weighted by Gasteiger charge is 2.19. The predicted octanol–water partition coefficient (Wildman–Crippen LogP) is 3.22. The van der Waals surface area contributed by atoms with E-state index in [0.29, 0.717) is 17.5 Å². The molecule has 0 saturated heterocycles. The van der Waals surface area contributed by atoms with Crippen LogP contribution < -0.4 is 10.6 Å². The van der Waals surface area contributed by atoms with Gasteiger partial charge in [-0.1, -0.05) is 18.0 Å².